The number of H-pyrrole nitrogens is 1. The fourth-order valence-electron chi connectivity index (χ4n) is 2.86. The van der Waals surface area contributed by atoms with Crippen molar-refractivity contribution in [2.75, 3.05) is 11.1 Å². The number of amides is 1. The molecule has 2 aromatic carbocycles. The van der Waals surface area contributed by atoms with Crippen LogP contribution in [0.1, 0.15) is 11.7 Å². The SMILES string of the molecule is NC1=N[C@@H](c2c[nH]c3ccccc23)N=C(SCC(=O)Nc2cccc(Cl)c2)N1. The summed E-state index contributed by atoms with van der Waals surface area (Å²) in [4.78, 5) is 24.4. The number of nitrogens with zero attached hydrogens (tertiary/aromatic N) is 2. The Labute approximate surface area is 170 Å². The van der Waals surface area contributed by atoms with E-state index in [4.69, 9.17) is 17.3 Å². The van der Waals surface area contributed by atoms with E-state index in [9.17, 15) is 4.79 Å². The maximum Gasteiger partial charge on any atom is 0.234 e. The molecule has 0 bridgehead atoms. The van der Waals surface area contributed by atoms with Gasteiger partial charge in [0.1, 0.15) is 0 Å². The first-order valence-corrected chi connectivity index (χ1v) is 9.87. The molecule has 0 saturated carbocycles. The van der Waals surface area contributed by atoms with Gasteiger partial charge in [-0.05, 0) is 24.3 Å². The largest absolute Gasteiger partial charge is 0.370 e. The molecule has 9 heteroatoms. The number of aliphatic imine (C=N–C) groups is 2. The second-order valence-electron chi connectivity index (χ2n) is 6.08. The number of fused-ring (bicyclic) bond motifs is 1. The Morgan fingerprint density at radius 1 is 1.21 bits per heavy atom. The molecule has 4 rings (SSSR count). The maximum absolute atomic E-state index is 12.2. The van der Waals surface area contributed by atoms with E-state index in [1.54, 1.807) is 24.3 Å². The first kappa shape index (κ1) is 18.4. The Kier molecular flexibility index (Phi) is 5.23. The van der Waals surface area contributed by atoms with Gasteiger partial charge in [-0.1, -0.05) is 47.6 Å². The third kappa shape index (κ3) is 4.13. The van der Waals surface area contributed by atoms with E-state index in [0.717, 1.165) is 16.5 Å². The van der Waals surface area contributed by atoms with Gasteiger partial charge < -0.3 is 21.4 Å². The van der Waals surface area contributed by atoms with Crippen molar-refractivity contribution in [3.05, 3.63) is 65.3 Å². The number of nitrogens with two attached hydrogens (primary N) is 1. The van der Waals surface area contributed by atoms with Gasteiger partial charge in [0.25, 0.3) is 0 Å². The summed E-state index contributed by atoms with van der Waals surface area (Å²) in [6.45, 7) is 0. The van der Waals surface area contributed by atoms with E-state index in [-0.39, 0.29) is 17.6 Å². The molecule has 1 aliphatic rings. The first-order valence-electron chi connectivity index (χ1n) is 8.51. The van der Waals surface area contributed by atoms with Crippen LogP contribution in [0.5, 0.6) is 0 Å². The van der Waals surface area contributed by atoms with Crippen molar-refractivity contribution >= 4 is 57.0 Å². The molecule has 0 saturated heterocycles. The average molecular weight is 413 g/mol. The number of carbonyl (C=O) groups is 1. The number of benzene rings is 2. The van der Waals surface area contributed by atoms with Gasteiger partial charge in [-0.25, -0.2) is 9.98 Å². The van der Waals surface area contributed by atoms with E-state index >= 15 is 0 Å². The molecule has 1 atom stereocenters. The highest BCUT2D eigenvalue weighted by Crippen LogP contribution is 2.29. The zero-order valence-corrected chi connectivity index (χ0v) is 16.2. The van der Waals surface area contributed by atoms with Gasteiger partial charge in [0, 0.05) is 33.4 Å². The summed E-state index contributed by atoms with van der Waals surface area (Å²) in [5, 5.41) is 7.87. The van der Waals surface area contributed by atoms with Crippen LogP contribution in [0.15, 0.2) is 64.7 Å². The molecule has 7 nitrogen and oxygen atoms in total. The number of para-hydroxylation sites is 1. The molecule has 0 fully saturated rings. The number of carbonyl (C=O) groups excluding carboxylic acids is 1. The smallest absolute Gasteiger partial charge is 0.234 e. The van der Waals surface area contributed by atoms with Crippen LogP contribution >= 0.6 is 23.4 Å². The highest BCUT2D eigenvalue weighted by molar-refractivity contribution is 8.14. The number of hydrogen-bond acceptors (Lipinski definition) is 6. The van der Waals surface area contributed by atoms with Gasteiger partial charge in [-0.2, -0.15) is 0 Å². The van der Waals surface area contributed by atoms with Gasteiger partial charge in [0.15, 0.2) is 17.3 Å². The zero-order valence-electron chi connectivity index (χ0n) is 14.6. The summed E-state index contributed by atoms with van der Waals surface area (Å²) in [5.74, 6) is 0.274. The molecular weight excluding hydrogens is 396 g/mol. The number of aromatic nitrogens is 1. The molecule has 28 heavy (non-hydrogen) atoms. The minimum absolute atomic E-state index is 0.165. The van der Waals surface area contributed by atoms with Crippen LogP contribution in [0.2, 0.25) is 5.02 Å². The van der Waals surface area contributed by atoms with Gasteiger partial charge in [-0.3, -0.25) is 4.79 Å². The van der Waals surface area contributed by atoms with E-state index in [1.165, 1.54) is 11.8 Å². The predicted molar refractivity (Wildman–Crippen MR) is 116 cm³/mol. The number of thioether (sulfide) groups is 1. The number of aromatic amines is 1. The van der Waals surface area contributed by atoms with Crippen molar-refractivity contribution in [2.45, 2.75) is 6.17 Å². The van der Waals surface area contributed by atoms with Gasteiger partial charge >= 0.3 is 0 Å². The standard InChI is InChI=1S/C19H17ClN6OS/c20-11-4-3-5-12(8-11)23-16(27)10-28-19-25-17(24-18(21)26-19)14-9-22-15-7-2-1-6-13(14)15/h1-9,17,22H,10H2,(H,23,27)(H3,21,24,25,26)/t17-/m1/s1. The molecule has 0 unspecified atom stereocenters. The van der Waals surface area contributed by atoms with Crippen molar-refractivity contribution in [3.63, 3.8) is 0 Å². The van der Waals surface area contributed by atoms with E-state index in [0.29, 0.717) is 15.9 Å². The fraction of sp³-hybridized carbons (Fsp3) is 0.105. The van der Waals surface area contributed by atoms with Crippen molar-refractivity contribution in [3.8, 4) is 0 Å². The minimum Gasteiger partial charge on any atom is -0.370 e. The highest BCUT2D eigenvalue weighted by atomic mass is 35.5. The lowest BCUT2D eigenvalue weighted by molar-refractivity contribution is -0.113. The van der Waals surface area contributed by atoms with E-state index in [2.05, 4.69) is 25.6 Å². The summed E-state index contributed by atoms with van der Waals surface area (Å²) < 4.78 is 0. The van der Waals surface area contributed by atoms with Crippen molar-refractivity contribution in [1.29, 1.82) is 0 Å². The summed E-state index contributed by atoms with van der Waals surface area (Å²) in [6, 6.07) is 14.9. The lowest BCUT2D eigenvalue weighted by Gasteiger charge is -2.18. The topological polar surface area (TPSA) is 108 Å². The summed E-state index contributed by atoms with van der Waals surface area (Å²) in [5.41, 5.74) is 8.52. The van der Waals surface area contributed by atoms with Crippen LogP contribution in [-0.2, 0) is 4.79 Å². The Morgan fingerprint density at radius 3 is 2.93 bits per heavy atom. The van der Waals surface area contributed by atoms with Crippen LogP contribution in [0.3, 0.4) is 0 Å². The Hall–Kier alpha value is -2.97. The quantitative estimate of drug-likeness (QED) is 0.526. The van der Waals surface area contributed by atoms with Gasteiger partial charge in [0.2, 0.25) is 5.91 Å². The highest BCUT2D eigenvalue weighted by Gasteiger charge is 2.20. The van der Waals surface area contributed by atoms with Crippen molar-refractivity contribution in [2.24, 2.45) is 15.7 Å². The molecule has 0 spiro atoms. The van der Waals surface area contributed by atoms with Crippen molar-refractivity contribution in [1.82, 2.24) is 10.3 Å². The number of halogens is 1. The molecule has 0 radical (unpaired) electrons. The summed E-state index contributed by atoms with van der Waals surface area (Å²) in [6.07, 6.45) is 1.42. The summed E-state index contributed by atoms with van der Waals surface area (Å²) >= 11 is 7.20. The second kappa shape index (κ2) is 7.95. The van der Waals surface area contributed by atoms with Crippen LogP contribution < -0.4 is 16.4 Å². The number of amidine groups is 1. The number of hydrogen-bond donors (Lipinski definition) is 4. The number of anilines is 1. The number of nitrogens with one attached hydrogen (secondary N) is 3. The molecule has 1 aromatic heterocycles. The summed E-state index contributed by atoms with van der Waals surface area (Å²) in [7, 11) is 0. The molecule has 1 amide bonds. The Bertz CT molecular complexity index is 1090. The van der Waals surface area contributed by atoms with Crippen LogP contribution in [0, 0.1) is 0 Å². The van der Waals surface area contributed by atoms with Crippen LogP contribution in [0.4, 0.5) is 5.69 Å². The molecule has 2 heterocycles. The van der Waals surface area contributed by atoms with E-state index in [1.807, 2.05) is 30.5 Å². The monoisotopic (exact) mass is 412 g/mol. The Balaban J connectivity index is 1.45. The molecule has 0 aliphatic carbocycles. The molecule has 1 aliphatic heterocycles. The third-order valence-corrected chi connectivity index (χ3v) is 5.21. The molecule has 3 aromatic rings. The predicted octanol–water partition coefficient (Wildman–Crippen LogP) is 3.47. The lowest BCUT2D eigenvalue weighted by atomic mass is 10.1. The average Bonchev–Trinajstić information content (AvgIpc) is 3.10. The molecule has 142 valence electrons. The van der Waals surface area contributed by atoms with Crippen molar-refractivity contribution < 1.29 is 4.79 Å². The second-order valence-corrected chi connectivity index (χ2v) is 7.48. The first-order chi connectivity index (χ1) is 13.6. The van der Waals surface area contributed by atoms with Gasteiger partial charge in [-0.15, -0.1) is 0 Å². The van der Waals surface area contributed by atoms with E-state index < -0.39 is 6.17 Å². The van der Waals surface area contributed by atoms with Crippen LogP contribution in [-0.4, -0.2) is 27.8 Å². The Morgan fingerprint density at radius 2 is 2.07 bits per heavy atom. The lowest BCUT2D eigenvalue weighted by Crippen LogP contribution is -2.39. The number of guanidine groups is 1. The normalized spacial score (nSPS) is 16.2. The fourth-order valence-corrected chi connectivity index (χ4v) is 3.74. The maximum atomic E-state index is 12.2. The number of rotatable bonds is 4. The molecular formula is C19H17ClN6OS. The minimum atomic E-state index is -0.462. The molecule has 5 N–H and O–H groups in total. The zero-order chi connectivity index (χ0) is 19.5. The van der Waals surface area contributed by atoms with Crippen LogP contribution in [0.25, 0.3) is 10.9 Å². The van der Waals surface area contributed by atoms with Gasteiger partial charge in [0.05, 0.1) is 5.75 Å². The third-order valence-electron chi connectivity index (χ3n) is 4.08.